The lowest BCUT2D eigenvalue weighted by molar-refractivity contribution is -0.138. The number of aryl methyl sites for hydroxylation is 1. The van der Waals surface area contributed by atoms with Gasteiger partial charge in [-0.15, -0.1) is 0 Å². The van der Waals surface area contributed by atoms with Gasteiger partial charge in [0, 0.05) is 0 Å². The SMILES string of the molecule is Cc1cccc(Cl)c1NC(C)C(=O)NCC(F)(F)F. The number of halogens is 4. The summed E-state index contributed by atoms with van der Waals surface area (Å²) in [7, 11) is 0. The molecule has 0 aliphatic rings. The molecule has 1 rings (SSSR count). The van der Waals surface area contributed by atoms with Crippen LogP contribution in [0.1, 0.15) is 12.5 Å². The molecule has 1 aromatic rings. The van der Waals surface area contributed by atoms with Crippen LogP contribution in [-0.4, -0.2) is 24.7 Å². The van der Waals surface area contributed by atoms with Crippen molar-refractivity contribution >= 4 is 23.2 Å². The topological polar surface area (TPSA) is 41.1 Å². The lowest BCUT2D eigenvalue weighted by atomic mass is 10.2. The van der Waals surface area contributed by atoms with Gasteiger partial charge in [0.2, 0.25) is 5.91 Å². The van der Waals surface area contributed by atoms with E-state index in [0.29, 0.717) is 10.7 Å². The van der Waals surface area contributed by atoms with Crippen LogP contribution in [0.2, 0.25) is 5.02 Å². The second-order valence-electron chi connectivity index (χ2n) is 4.13. The molecule has 0 aliphatic carbocycles. The zero-order chi connectivity index (χ0) is 14.6. The number of carbonyl (C=O) groups is 1. The molecule has 0 radical (unpaired) electrons. The van der Waals surface area contributed by atoms with E-state index in [1.54, 1.807) is 25.1 Å². The second-order valence-corrected chi connectivity index (χ2v) is 4.54. The molecule has 106 valence electrons. The third-order valence-corrected chi connectivity index (χ3v) is 2.75. The number of hydrogen-bond acceptors (Lipinski definition) is 2. The summed E-state index contributed by atoms with van der Waals surface area (Å²) in [6.45, 7) is 1.91. The summed E-state index contributed by atoms with van der Waals surface area (Å²) >= 11 is 5.95. The Bertz CT molecular complexity index is 443. The van der Waals surface area contributed by atoms with Crippen LogP contribution in [0.3, 0.4) is 0 Å². The quantitative estimate of drug-likeness (QED) is 0.896. The number of para-hydroxylation sites is 1. The van der Waals surface area contributed by atoms with Crippen LogP contribution in [0, 0.1) is 6.92 Å². The van der Waals surface area contributed by atoms with Crippen molar-refractivity contribution < 1.29 is 18.0 Å². The highest BCUT2D eigenvalue weighted by Gasteiger charge is 2.28. The van der Waals surface area contributed by atoms with Crippen molar-refractivity contribution in [2.45, 2.75) is 26.1 Å². The van der Waals surface area contributed by atoms with Crippen molar-refractivity contribution in [2.24, 2.45) is 0 Å². The molecule has 7 heteroatoms. The third-order valence-electron chi connectivity index (χ3n) is 2.44. The number of amides is 1. The highest BCUT2D eigenvalue weighted by Crippen LogP contribution is 2.25. The number of rotatable bonds is 4. The van der Waals surface area contributed by atoms with Crippen LogP contribution in [0.5, 0.6) is 0 Å². The van der Waals surface area contributed by atoms with E-state index < -0.39 is 24.7 Å². The Hall–Kier alpha value is -1.43. The monoisotopic (exact) mass is 294 g/mol. The predicted molar refractivity (Wildman–Crippen MR) is 68.3 cm³/mol. The molecule has 0 aliphatic heterocycles. The van der Waals surface area contributed by atoms with E-state index in [4.69, 9.17) is 11.6 Å². The zero-order valence-electron chi connectivity index (χ0n) is 10.4. The average molecular weight is 295 g/mol. The third kappa shape index (κ3) is 4.98. The highest BCUT2D eigenvalue weighted by atomic mass is 35.5. The summed E-state index contributed by atoms with van der Waals surface area (Å²) in [5.41, 5.74) is 1.35. The molecule has 1 atom stereocenters. The summed E-state index contributed by atoms with van der Waals surface area (Å²) in [5, 5.41) is 5.03. The van der Waals surface area contributed by atoms with Crippen LogP contribution in [0.15, 0.2) is 18.2 Å². The number of nitrogens with one attached hydrogen (secondary N) is 2. The molecule has 3 nitrogen and oxygen atoms in total. The summed E-state index contributed by atoms with van der Waals surface area (Å²) in [6, 6.07) is 4.35. The van der Waals surface area contributed by atoms with E-state index in [0.717, 1.165) is 5.56 Å². The van der Waals surface area contributed by atoms with Crippen molar-refractivity contribution in [1.82, 2.24) is 5.32 Å². The van der Waals surface area contributed by atoms with Crippen molar-refractivity contribution in [1.29, 1.82) is 0 Å². The fourth-order valence-corrected chi connectivity index (χ4v) is 1.71. The molecule has 0 heterocycles. The Labute approximate surface area is 114 Å². The van der Waals surface area contributed by atoms with E-state index in [1.807, 2.05) is 5.32 Å². The molecule has 0 fully saturated rings. The van der Waals surface area contributed by atoms with Crippen LogP contribution < -0.4 is 10.6 Å². The zero-order valence-corrected chi connectivity index (χ0v) is 11.2. The molecular formula is C12H14ClF3N2O. The van der Waals surface area contributed by atoms with Gasteiger partial charge >= 0.3 is 6.18 Å². The summed E-state index contributed by atoms with van der Waals surface area (Å²) < 4.78 is 35.9. The highest BCUT2D eigenvalue weighted by molar-refractivity contribution is 6.33. The lowest BCUT2D eigenvalue weighted by Gasteiger charge is -2.18. The van der Waals surface area contributed by atoms with Crippen molar-refractivity contribution in [2.75, 3.05) is 11.9 Å². The van der Waals surface area contributed by atoms with Gasteiger partial charge < -0.3 is 10.6 Å². The molecule has 0 spiro atoms. The van der Waals surface area contributed by atoms with Crippen LogP contribution in [0.4, 0.5) is 18.9 Å². The minimum absolute atomic E-state index is 0.412. The fraction of sp³-hybridized carbons (Fsp3) is 0.417. The van der Waals surface area contributed by atoms with Crippen LogP contribution >= 0.6 is 11.6 Å². The van der Waals surface area contributed by atoms with Crippen molar-refractivity contribution in [3.05, 3.63) is 28.8 Å². The van der Waals surface area contributed by atoms with Gasteiger partial charge in [-0.2, -0.15) is 13.2 Å². The fourth-order valence-electron chi connectivity index (χ4n) is 1.44. The first-order valence-corrected chi connectivity index (χ1v) is 5.94. The van der Waals surface area contributed by atoms with Gasteiger partial charge in [-0.3, -0.25) is 4.79 Å². The van der Waals surface area contributed by atoms with E-state index >= 15 is 0 Å². The van der Waals surface area contributed by atoms with Gasteiger partial charge in [0.1, 0.15) is 12.6 Å². The Balaban J connectivity index is 2.64. The first-order chi connectivity index (χ1) is 8.70. The molecule has 2 N–H and O–H groups in total. The Morgan fingerprint density at radius 1 is 1.42 bits per heavy atom. The molecule has 0 bridgehead atoms. The van der Waals surface area contributed by atoms with Gasteiger partial charge in [0.25, 0.3) is 0 Å². The maximum absolute atomic E-state index is 12.0. The number of carbonyl (C=O) groups excluding carboxylic acids is 1. The maximum atomic E-state index is 12.0. The van der Waals surface area contributed by atoms with Gasteiger partial charge in [-0.1, -0.05) is 23.7 Å². The summed E-state index contributed by atoms with van der Waals surface area (Å²) in [6.07, 6.45) is -4.42. The predicted octanol–water partition coefficient (Wildman–Crippen LogP) is 3.13. The maximum Gasteiger partial charge on any atom is 0.405 e. The molecule has 1 unspecified atom stereocenters. The minimum Gasteiger partial charge on any atom is -0.372 e. The van der Waals surface area contributed by atoms with E-state index in [1.165, 1.54) is 6.92 Å². The number of hydrogen-bond donors (Lipinski definition) is 2. The molecule has 0 aromatic heterocycles. The molecule has 0 saturated carbocycles. The van der Waals surface area contributed by atoms with E-state index in [-0.39, 0.29) is 0 Å². The largest absolute Gasteiger partial charge is 0.405 e. The van der Waals surface area contributed by atoms with Crippen molar-refractivity contribution in [3.63, 3.8) is 0 Å². The summed E-state index contributed by atoms with van der Waals surface area (Å²) in [4.78, 5) is 11.5. The number of benzene rings is 1. The number of anilines is 1. The minimum atomic E-state index is -4.42. The first kappa shape index (κ1) is 15.6. The summed E-state index contributed by atoms with van der Waals surface area (Å²) in [5.74, 6) is -0.739. The normalized spacial score (nSPS) is 12.9. The van der Waals surface area contributed by atoms with Gasteiger partial charge in [-0.25, -0.2) is 0 Å². The second kappa shape index (κ2) is 6.14. The number of alkyl halides is 3. The standard InChI is InChI=1S/C12H14ClF3N2O/c1-7-4-3-5-9(13)10(7)18-8(2)11(19)17-6-12(14,15)16/h3-5,8,18H,6H2,1-2H3,(H,17,19). The van der Waals surface area contributed by atoms with E-state index in [9.17, 15) is 18.0 Å². The molecule has 1 amide bonds. The van der Waals surface area contributed by atoms with Gasteiger partial charge in [-0.05, 0) is 25.5 Å². The van der Waals surface area contributed by atoms with Crippen molar-refractivity contribution in [3.8, 4) is 0 Å². The Morgan fingerprint density at radius 3 is 2.58 bits per heavy atom. The van der Waals surface area contributed by atoms with Gasteiger partial charge in [0.05, 0.1) is 10.7 Å². The Kier molecular flexibility index (Phi) is 5.05. The smallest absolute Gasteiger partial charge is 0.372 e. The molecule has 0 saturated heterocycles. The molecule has 1 aromatic carbocycles. The lowest BCUT2D eigenvalue weighted by Crippen LogP contribution is -2.42. The average Bonchev–Trinajstić information content (AvgIpc) is 2.29. The molecule has 19 heavy (non-hydrogen) atoms. The molecular weight excluding hydrogens is 281 g/mol. The van der Waals surface area contributed by atoms with E-state index in [2.05, 4.69) is 5.32 Å². The van der Waals surface area contributed by atoms with Crippen LogP contribution in [0.25, 0.3) is 0 Å². The Morgan fingerprint density at radius 2 is 2.05 bits per heavy atom. The van der Waals surface area contributed by atoms with Gasteiger partial charge in [0.15, 0.2) is 0 Å². The van der Waals surface area contributed by atoms with Crippen LogP contribution in [-0.2, 0) is 4.79 Å². The first-order valence-electron chi connectivity index (χ1n) is 5.57.